The Labute approximate surface area is 410 Å². The van der Waals surface area contributed by atoms with E-state index in [0.717, 1.165) is 95.7 Å². The molecule has 6 aromatic carbocycles. The second-order valence-corrected chi connectivity index (χ2v) is 23.8. The van der Waals surface area contributed by atoms with Crippen LogP contribution in [-0.2, 0) is 26.5 Å². The number of fused-ring (bicyclic) bond motifs is 3. The van der Waals surface area contributed by atoms with Crippen molar-refractivity contribution in [2.75, 3.05) is 0 Å². The zero-order chi connectivity index (χ0) is 46.9. The largest absolute Gasteiger partial charge is 0.501 e. The summed E-state index contributed by atoms with van der Waals surface area (Å²) in [5.41, 5.74) is 13.9. The fourth-order valence-electron chi connectivity index (χ4n) is 9.80. The van der Waals surface area contributed by atoms with Crippen molar-refractivity contribution in [1.82, 2.24) is 9.97 Å². The van der Waals surface area contributed by atoms with E-state index in [1.165, 1.54) is 45.0 Å². The Kier molecular flexibility index (Phi) is 12.9. The van der Waals surface area contributed by atoms with Crippen molar-refractivity contribution in [3.05, 3.63) is 187 Å². The first-order valence-electron chi connectivity index (χ1n) is 25.0. The Morgan fingerprint density at radius 1 is 0.636 bits per heavy atom. The molecule has 0 atom stereocenters. The Balaban J connectivity index is 0.000000169. The number of rotatable bonds is 9. The van der Waals surface area contributed by atoms with E-state index in [-0.39, 0.29) is 26.0 Å². The molecule has 0 spiro atoms. The zero-order valence-corrected chi connectivity index (χ0v) is 41.6. The molecule has 11 rings (SSSR count). The Bertz CT molecular complexity index is 3190. The molecule has 0 aliphatic heterocycles. The van der Waals surface area contributed by atoms with Gasteiger partial charge in [-0.1, -0.05) is 213 Å². The fourth-order valence-corrected chi connectivity index (χ4v) is 11.3. The molecule has 3 nitrogen and oxygen atoms in total. The first-order valence-corrected chi connectivity index (χ1v) is 27.0. The molecule has 0 saturated heterocycles. The summed E-state index contributed by atoms with van der Waals surface area (Å²) in [7, 11) is -1.63. The predicted molar refractivity (Wildman–Crippen MR) is 275 cm³/mol. The first kappa shape index (κ1) is 41.7. The van der Waals surface area contributed by atoms with Crippen LogP contribution in [0.1, 0.15) is 78.9 Å². The molecule has 2 aliphatic rings. The average molecular weight is 1060 g/mol. The molecular formula is C61H58IrN2OSi-2. The second kappa shape index (κ2) is 20.4. The van der Waals surface area contributed by atoms with Gasteiger partial charge in [-0.15, -0.1) is 42.0 Å². The number of nitrogens with zero attached hydrogens (tertiary/aromatic N) is 2. The third-order valence-corrected chi connectivity index (χ3v) is 15.2. The molecule has 3 aromatic heterocycles. The zero-order valence-electron chi connectivity index (χ0n) is 41.2. The van der Waals surface area contributed by atoms with E-state index >= 15 is 0 Å². The Hall–Kier alpha value is -5.71. The van der Waals surface area contributed by atoms with Crippen LogP contribution in [0.3, 0.4) is 0 Å². The van der Waals surface area contributed by atoms with E-state index in [9.17, 15) is 1.37 Å². The quantitative estimate of drug-likeness (QED) is 0.107. The minimum Gasteiger partial charge on any atom is -0.501 e. The van der Waals surface area contributed by atoms with Gasteiger partial charge in [-0.2, -0.15) is 0 Å². The van der Waals surface area contributed by atoms with Crippen molar-refractivity contribution >= 4 is 35.2 Å². The smallest absolute Gasteiger partial charge is 0.120 e. The van der Waals surface area contributed by atoms with Gasteiger partial charge < -0.3 is 14.4 Å². The summed E-state index contributed by atoms with van der Waals surface area (Å²) in [5.74, 6) is -0.432. The number of benzene rings is 6. The number of hydrogen-bond donors (Lipinski definition) is 0. The molecule has 1 radical (unpaired) electrons. The number of furan rings is 1. The molecule has 2 saturated carbocycles. The van der Waals surface area contributed by atoms with Crippen molar-refractivity contribution in [3.8, 4) is 55.9 Å². The van der Waals surface area contributed by atoms with Crippen LogP contribution in [0.15, 0.2) is 168 Å². The van der Waals surface area contributed by atoms with E-state index in [1.54, 1.807) is 6.20 Å². The SMILES string of the molecule is [2H]C([2H])(c1ccnc(-c2[c-]ccc3c2oc2ccc(-c4ccccc4)cc23)c1)C1CCCCC1.[2H]C1(c2cc(-c3[c-]cc(-c4ccccc4)c(-c4ccccc4)c3)ncc2[Si](C)(C)C)CCCC1.[Ir]. The van der Waals surface area contributed by atoms with Crippen molar-refractivity contribution in [3.63, 3.8) is 0 Å². The van der Waals surface area contributed by atoms with Gasteiger partial charge in [-0.3, -0.25) is 0 Å². The molecule has 0 N–H and O–H groups in total. The van der Waals surface area contributed by atoms with E-state index in [1.807, 2.05) is 48.5 Å². The van der Waals surface area contributed by atoms with Gasteiger partial charge in [0, 0.05) is 42.0 Å². The van der Waals surface area contributed by atoms with Crippen LogP contribution in [0, 0.1) is 18.1 Å². The fraction of sp³-hybridized carbons (Fsp3) is 0.246. The van der Waals surface area contributed by atoms with Gasteiger partial charge in [0.15, 0.2) is 0 Å². The van der Waals surface area contributed by atoms with E-state index < -0.39 is 20.3 Å². The summed E-state index contributed by atoms with van der Waals surface area (Å²) in [4.78, 5) is 9.53. The normalized spacial score (nSPS) is 15.8. The molecule has 333 valence electrons. The third kappa shape index (κ3) is 10.0. The minimum absolute atomic E-state index is 0. The van der Waals surface area contributed by atoms with Crippen LogP contribution in [0.25, 0.3) is 77.8 Å². The molecule has 5 heteroatoms. The van der Waals surface area contributed by atoms with Gasteiger partial charge >= 0.3 is 0 Å². The summed E-state index contributed by atoms with van der Waals surface area (Å²) >= 11 is 0. The average Bonchev–Trinajstić information content (AvgIpc) is 4.01. The van der Waals surface area contributed by atoms with Gasteiger partial charge in [0.25, 0.3) is 0 Å². The summed E-state index contributed by atoms with van der Waals surface area (Å²) in [6.07, 6.45) is 11.9. The van der Waals surface area contributed by atoms with Crippen molar-refractivity contribution in [1.29, 1.82) is 0 Å². The number of hydrogen-bond acceptors (Lipinski definition) is 3. The molecule has 3 heterocycles. The van der Waals surface area contributed by atoms with Gasteiger partial charge in [0.05, 0.1) is 13.7 Å². The summed E-state index contributed by atoms with van der Waals surface area (Å²) in [6.45, 7) is 7.08. The standard InChI is InChI=1S/C31H32NSi.C30H26NO.Ir/c1-33(2,3)31-22-32-30(21-29(31)25-16-10-11-17-25)26-18-19-27(23-12-6-4-7-13-23)28(20-26)24-14-8-5-9-15-24;1-3-8-21(9-4-1)18-22-16-17-31-28(19-22)26-13-7-12-25-27-20-24(23-10-5-2-6-11-23)14-15-29(27)32-30(25)26;/h4-9,12-15,19-22,25H,10-11,16-17H2,1-3H3;2,5-7,10-12,14-17,19-21H,1,3-4,8-9,18H2;/q2*-1;/i25D;18D2;. The van der Waals surface area contributed by atoms with Gasteiger partial charge in [0.1, 0.15) is 5.58 Å². The first-order chi connectivity index (χ1) is 33.0. The second-order valence-electron chi connectivity index (χ2n) is 18.8. The van der Waals surface area contributed by atoms with Crippen LogP contribution in [0.5, 0.6) is 0 Å². The van der Waals surface area contributed by atoms with Crippen molar-refractivity contribution < 1.29 is 28.6 Å². The van der Waals surface area contributed by atoms with Crippen LogP contribution in [-0.4, -0.2) is 18.0 Å². The molecule has 9 aromatic rings. The maximum absolute atomic E-state index is 9.31. The topological polar surface area (TPSA) is 38.9 Å². The maximum atomic E-state index is 9.31. The molecule has 0 amide bonds. The molecule has 2 aliphatic carbocycles. The van der Waals surface area contributed by atoms with Crippen LogP contribution in [0.4, 0.5) is 0 Å². The Morgan fingerprint density at radius 2 is 1.30 bits per heavy atom. The molecule has 0 bridgehead atoms. The summed E-state index contributed by atoms with van der Waals surface area (Å²) in [5, 5.41) is 3.40. The maximum Gasteiger partial charge on any atom is 0.120 e. The van der Waals surface area contributed by atoms with Gasteiger partial charge in [-0.25, -0.2) is 0 Å². The van der Waals surface area contributed by atoms with Crippen LogP contribution >= 0.6 is 0 Å². The van der Waals surface area contributed by atoms with E-state index in [0.29, 0.717) is 11.3 Å². The molecule has 2 fully saturated rings. The van der Waals surface area contributed by atoms with Gasteiger partial charge in [0.2, 0.25) is 0 Å². The van der Waals surface area contributed by atoms with Crippen molar-refractivity contribution in [2.24, 2.45) is 5.92 Å². The van der Waals surface area contributed by atoms with Crippen LogP contribution < -0.4 is 5.19 Å². The summed E-state index contributed by atoms with van der Waals surface area (Å²) in [6, 6.07) is 58.7. The number of aromatic nitrogens is 2. The Morgan fingerprint density at radius 3 is 2.00 bits per heavy atom. The van der Waals surface area contributed by atoms with Crippen molar-refractivity contribution in [2.45, 2.75) is 89.7 Å². The van der Waals surface area contributed by atoms with Crippen LogP contribution in [0.2, 0.25) is 19.6 Å². The summed E-state index contributed by atoms with van der Waals surface area (Å²) < 4.78 is 33.4. The van der Waals surface area contributed by atoms with E-state index in [4.69, 9.17) is 12.1 Å². The molecular weight excluding hydrogens is 997 g/mol. The van der Waals surface area contributed by atoms with E-state index in [2.05, 4.69) is 146 Å². The minimum atomic E-state index is -1.63. The predicted octanol–water partition coefficient (Wildman–Crippen LogP) is 16.3. The molecule has 0 unspecified atom stereocenters. The number of pyridine rings is 2. The molecule has 66 heavy (non-hydrogen) atoms. The monoisotopic (exact) mass is 1060 g/mol. The third-order valence-electron chi connectivity index (χ3n) is 13.2. The van der Waals surface area contributed by atoms with Gasteiger partial charge in [-0.05, 0) is 82.5 Å².